The lowest BCUT2D eigenvalue weighted by molar-refractivity contribution is 0.243. The van der Waals surface area contributed by atoms with Crippen LogP contribution in [-0.2, 0) is 16.6 Å². The molecule has 2 aromatic carbocycles. The summed E-state index contributed by atoms with van der Waals surface area (Å²) in [5, 5.41) is 10.4. The molecule has 2 N–H and O–H groups in total. The number of piperazine rings is 1. The van der Waals surface area contributed by atoms with Crippen molar-refractivity contribution in [3.05, 3.63) is 54.2 Å². The van der Waals surface area contributed by atoms with Crippen molar-refractivity contribution in [1.29, 1.82) is 0 Å². The van der Waals surface area contributed by atoms with Crippen LogP contribution >= 0.6 is 0 Å². The summed E-state index contributed by atoms with van der Waals surface area (Å²) in [6, 6.07) is 14.6. The summed E-state index contributed by atoms with van der Waals surface area (Å²) in [7, 11) is -3.65. The molecule has 3 aromatic rings. The van der Waals surface area contributed by atoms with Crippen molar-refractivity contribution in [3.8, 4) is 0 Å². The summed E-state index contributed by atoms with van der Waals surface area (Å²) >= 11 is 0. The van der Waals surface area contributed by atoms with Crippen LogP contribution in [0.3, 0.4) is 0 Å². The van der Waals surface area contributed by atoms with Gasteiger partial charge in [-0.2, -0.15) is 0 Å². The molecule has 1 fully saturated rings. The van der Waals surface area contributed by atoms with Gasteiger partial charge in [0.05, 0.1) is 4.90 Å². The Kier molecular flexibility index (Phi) is 4.39. The Bertz CT molecular complexity index is 1010. The minimum absolute atomic E-state index is 0.137. The van der Waals surface area contributed by atoms with Crippen LogP contribution in [0.15, 0.2) is 57.9 Å². The van der Waals surface area contributed by atoms with E-state index in [2.05, 4.69) is 15.0 Å². The van der Waals surface area contributed by atoms with Crippen LogP contribution < -0.4 is 10.0 Å². The molecule has 0 aliphatic carbocycles. The lowest BCUT2D eigenvalue weighted by Gasteiger charge is -2.35. The van der Waals surface area contributed by atoms with Crippen LogP contribution in [0.2, 0.25) is 0 Å². The van der Waals surface area contributed by atoms with Crippen LogP contribution in [0, 0.1) is 0 Å². The molecule has 1 aliphatic heterocycles. The predicted octanol–water partition coefficient (Wildman–Crippen LogP) is 1.80. The van der Waals surface area contributed by atoms with E-state index < -0.39 is 10.0 Å². The van der Waals surface area contributed by atoms with Gasteiger partial charge >= 0.3 is 0 Å². The Balaban J connectivity index is 1.39. The molecule has 0 amide bonds. The average Bonchev–Trinajstić information content (AvgIpc) is 3.05. The monoisotopic (exact) mass is 372 g/mol. The summed E-state index contributed by atoms with van der Waals surface area (Å²) in [6.45, 7) is 4.29. The SMILES string of the molecule is NS(=O)(=O)c1ccc(N2CCN(Cc3noc4ccccc34)CC2)cc1. The molecule has 8 heteroatoms. The Hall–Kier alpha value is -2.42. The number of fused-ring (bicyclic) bond motifs is 1. The van der Waals surface area contributed by atoms with Crippen molar-refractivity contribution in [2.75, 3.05) is 31.1 Å². The fourth-order valence-corrected chi connectivity index (χ4v) is 3.79. The Morgan fingerprint density at radius 3 is 2.38 bits per heavy atom. The molecule has 7 nitrogen and oxygen atoms in total. The van der Waals surface area contributed by atoms with Crippen LogP contribution in [-0.4, -0.2) is 44.7 Å². The summed E-state index contributed by atoms with van der Waals surface area (Å²) in [5.74, 6) is 0. The average molecular weight is 372 g/mol. The van der Waals surface area contributed by atoms with Crippen LogP contribution in [0.25, 0.3) is 11.0 Å². The van der Waals surface area contributed by atoms with E-state index in [0.717, 1.165) is 55.1 Å². The van der Waals surface area contributed by atoms with Crippen LogP contribution in [0.4, 0.5) is 5.69 Å². The lowest BCUT2D eigenvalue weighted by Crippen LogP contribution is -2.46. The Morgan fingerprint density at radius 2 is 1.69 bits per heavy atom. The summed E-state index contributed by atoms with van der Waals surface area (Å²) in [4.78, 5) is 4.72. The second-order valence-electron chi connectivity index (χ2n) is 6.43. The summed E-state index contributed by atoms with van der Waals surface area (Å²) in [6.07, 6.45) is 0. The first-order valence-corrected chi connectivity index (χ1v) is 9.99. The standard InChI is InChI=1S/C18H20N4O3S/c19-26(23,24)15-7-5-14(6-8-15)22-11-9-21(10-12-22)13-17-16-3-1-2-4-18(16)25-20-17/h1-8H,9-13H2,(H2,19,23,24). The highest BCUT2D eigenvalue weighted by atomic mass is 32.2. The first-order chi connectivity index (χ1) is 12.5. The maximum atomic E-state index is 11.4. The smallest absolute Gasteiger partial charge is 0.238 e. The molecule has 136 valence electrons. The van der Waals surface area contributed by atoms with Crippen molar-refractivity contribution in [2.45, 2.75) is 11.4 Å². The van der Waals surface area contributed by atoms with E-state index in [1.54, 1.807) is 24.3 Å². The molecule has 4 rings (SSSR count). The topological polar surface area (TPSA) is 92.7 Å². The zero-order chi connectivity index (χ0) is 18.1. The number of benzene rings is 2. The third kappa shape index (κ3) is 3.44. The highest BCUT2D eigenvalue weighted by Gasteiger charge is 2.20. The first-order valence-electron chi connectivity index (χ1n) is 8.44. The van der Waals surface area contributed by atoms with Crippen molar-refractivity contribution in [1.82, 2.24) is 10.1 Å². The van der Waals surface area contributed by atoms with Gasteiger partial charge in [-0.25, -0.2) is 13.6 Å². The van der Waals surface area contributed by atoms with Gasteiger partial charge in [-0.1, -0.05) is 17.3 Å². The molecule has 0 atom stereocenters. The molecule has 0 bridgehead atoms. The van der Waals surface area contributed by atoms with Gasteiger partial charge in [-0.05, 0) is 36.4 Å². The van der Waals surface area contributed by atoms with Gasteiger partial charge in [0.25, 0.3) is 0 Å². The quantitative estimate of drug-likeness (QED) is 0.751. The van der Waals surface area contributed by atoms with Crippen molar-refractivity contribution in [2.24, 2.45) is 5.14 Å². The number of primary sulfonamides is 1. The molecule has 1 aliphatic rings. The fraction of sp³-hybridized carbons (Fsp3) is 0.278. The Labute approximate surface area is 152 Å². The number of anilines is 1. The van der Waals surface area contributed by atoms with Gasteiger partial charge in [0.15, 0.2) is 5.58 Å². The Morgan fingerprint density at radius 1 is 1.00 bits per heavy atom. The van der Waals surface area contributed by atoms with Gasteiger partial charge in [0.1, 0.15) is 5.69 Å². The molecule has 1 aromatic heterocycles. The van der Waals surface area contributed by atoms with Gasteiger partial charge in [0.2, 0.25) is 10.0 Å². The molecule has 1 saturated heterocycles. The number of sulfonamides is 1. The van der Waals surface area contributed by atoms with Gasteiger partial charge in [-0.15, -0.1) is 0 Å². The predicted molar refractivity (Wildman–Crippen MR) is 99.3 cm³/mol. The normalized spacial score (nSPS) is 16.3. The molecular formula is C18H20N4O3S. The number of nitrogens with zero attached hydrogens (tertiary/aromatic N) is 3. The van der Waals surface area contributed by atoms with E-state index in [-0.39, 0.29) is 4.90 Å². The lowest BCUT2D eigenvalue weighted by atomic mass is 10.2. The summed E-state index contributed by atoms with van der Waals surface area (Å²) in [5.41, 5.74) is 2.78. The fourth-order valence-electron chi connectivity index (χ4n) is 3.27. The molecule has 0 spiro atoms. The van der Waals surface area contributed by atoms with Crippen molar-refractivity contribution >= 4 is 26.7 Å². The van der Waals surface area contributed by atoms with E-state index in [4.69, 9.17) is 9.66 Å². The summed E-state index contributed by atoms with van der Waals surface area (Å²) < 4.78 is 28.1. The molecule has 0 saturated carbocycles. The van der Waals surface area contributed by atoms with Gasteiger partial charge in [0, 0.05) is 43.8 Å². The molecule has 0 radical (unpaired) electrons. The van der Waals surface area contributed by atoms with E-state index in [1.807, 2.05) is 24.3 Å². The number of para-hydroxylation sites is 1. The van der Waals surface area contributed by atoms with E-state index >= 15 is 0 Å². The minimum atomic E-state index is -3.65. The third-order valence-electron chi connectivity index (χ3n) is 4.73. The second kappa shape index (κ2) is 6.71. The molecule has 0 unspecified atom stereocenters. The van der Waals surface area contributed by atoms with Crippen molar-refractivity contribution < 1.29 is 12.9 Å². The van der Waals surface area contributed by atoms with Crippen LogP contribution in [0.1, 0.15) is 5.69 Å². The number of aromatic nitrogens is 1. The molecule has 26 heavy (non-hydrogen) atoms. The maximum absolute atomic E-state index is 11.4. The zero-order valence-electron chi connectivity index (χ0n) is 14.2. The number of rotatable bonds is 4. The first kappa shape index (κ1) is 17.0. The second-order valence-corrected chi connectivity index (χ2v) is 7.99. The third-order valence-corrected chi connectivity index (χ3v) is 5.66. The molecular weight excluding hydrogens is 352 g/mol. The van der Waals surface area contributed by atoms with E-state index in [1.165, 1.54) is 0 Å². The highest BCUT2D eigenvalue weighted by Crippen LogP contribution is 2.22. The minimum Gasteiger partial charge on any atom is -0.369 e. The largest absolute Gasteiger partial charge is 0.369 e. The van der Waals surface area contributed by atoms with E-state index in [0.29, 0.717) is 0 Å². The van der Waals surface area contributed by atoms with Gasteiger partial charge in [-0.3, -0.25) is 4.90 Å². The number of hydrogen-bond acceptors (Lipinski definition) is 6. The van der Waals surface area contributed by atoms with Crippen molar-refractivity contribution in [3.63, 3.8) is 0 Å². The zero-order valence-corrected chi connectivity index (χ0v) is 15.0. The van der Waals surface area contributed by atoms with Gasteiger partial charge < -0.3 is 9.42 Å². The van der Waals surface area contributed by atoms with Crippen LogP contribution in [0.5, 0.6) is 0 Å². The highest BCUT2D eigenvalue weighted by molar-refractivity contribution is 7.89. The molecule has 2 heterocycles. The number of hydrogen-bond donors (Lipinski definition) is 1. The number of nitrogens with two attached hydrogens (primary N) is 1. The van der Waals surface area contributed by atoms with E-state index in [9.17, 15) is 8.42 Å². The maximum Gasteiger partial charge on any atom is 0.238 e.